The van der Waals surface area contributed by atoms with Gasteiger partial charge in [-0.1, -0.05) is 37.3 Å². The van der Waals surface area contributed by atoms with E-state index in [4.69, 9.17) is 0 Å². The number of halogens is 3. The molecule has 0 aliphatic heterocycles. The predicted molar refractivity (Wildman–Crippen MR) is 79.4 cm³/mol. The molecule has 0 spiro atoms. The molecule has 2 aromatic rings. The molecule has 0 saturated carbocycles. The third kappa shape index (κ3) is 4.52. The van der Waals surface area contributed by atoms with Crippen molar-refractivity contribution in [2.45, 2.75) is 25.4 Å². The van der Waals surface area contributed by atoms with Gasteiger partial charge in [0.05, 0.1) is 5.56 Å². The Balaban J connectivity index is 1.84. The van der Waals surface area contributed by atoms with Gasteiger partial charge in [-0.2, -0.15) is 13.2 Å². The van der Waals surface area contributed by atoms with E-state index in [-0.39, 0.29) is 0 Å². The third-order valence-electron chi connectivity index (χ3n) is 3.49. The standard InChI is InChI=1S/C17H18F3N/c1-13(14-5-3-2-4-6-14)11-12-21-16-9-7-15(8-10-16)17(18,19)20/h2-10,13,21H,11-12H2,1H3. The lowest BCUT2D eigenvalue weighted by Crippen LogP contribution is -2.07. The molecule has 0 aliphatic rings. The van der Waals surface area contributed by atoms with E-state index in [1.807, 2.05) is 18.2 Å². The maximum absolute atomic E-state index is 12.4. The summed E-state index contributed by atoms with van der Waals surface area (Å²) < 4.78 is 37.3. The Morgan fingerprint density at radius 2 is 1.57 bits per heavy atom. The van der Waals surface area contributed by atoms with Crippen molar-refractivity contribution in [3.63, 3.8) is 0 Å². The highest BCUT2D eigenvalue weighted by Crippen LogP contribution is 2.29. The van der Waals surface area contributed by atoms with Gasteiger partial charge in [0, 0.05) is 12.2 Å². The summed E-state index contributed by atoms with van der Waals surface area (Å²) in [5.74, 6) is 0.410. The molecule has 112 valence electrons. The van der Waals surface area contributed by atoms with Gasteiger partial charge in [-0.3, -0.25) is 0 Å². The van der Waals surface area contributed by atoms with Crippen LogP contribution in [0.25, 0.3) is 0 Å². The second kappa shape index (κ2) is 6.66. The molecule has 0 saturated heterocycles. The van der Waals surface area contributed by atoms with Gasteiger partial charge in [-0.05, 0) is 42.2 Å². The topological polar surface area (TPSA) is 12.0 Å². The first-order valence-corrected chi connectivity index (χ1v) is 6.93. The first-order chi connectivity index (χ1) is 9.97. The summed E-state index contributed by atoms with van der Waals surface area (Å²) in [6, 6.07) is 15.3. The number of nitrogens with one attached hydrogen (secondary N) is 1. The van der Waals surface area contributed by atoms with Crippen LogP contribution < -0.4 is 5.32 Å². The second-order valence-electron chi connectivity index (χ2n) is 5.10. The Morgan fingerprint density at radius 1 is 0.952 bits per heavy atom. The van der Waals surface area contributed by atoms with Crippen molar-refractivity contribution in [2.24, 2.45) is 0 Å². The summed E-state index contributed by atoms with van der Waals surface area (Å²) >= 11 is 0. The van der Waals surface area contributed by atoms with E-state index in [0.717, 1.165) is 25.1 Å². The monoisotopic (exact) mass is 293 g/mol. The summed E-state index contributed by atoms with van der Waals surface area (Å²) in [5, 5.41) is 3.16. The van der Waals surface area contributed by atoms with Crippen LogP contribution in [0, 0.1) is 0 Å². The van der Waals surface area contributed by atoms with Crippen LogP contribution in [-0.2, 0) is 6.18 Å². The molecule has 21 heavy (non-hydrogen) atoms. The van der Waals surface area contributed by atoms with Crippen LogP contribution >= 0.6 is 0 Å². The van der Waals surface area contributed by atoms with E-state index >= 15 is 0 Å². The fraction of sp³-hybridized carbons (Fsp3) is 0.294. The predicted octanol–water partition coefficient (Wildman–Crippen LogP) is 5.31. The molecule has 0 amide bonds. The third-order valence-corrected chi connectivity index (χ3v) is 3.49. The fourth-order valence-electron chi connectivity index (χ4n) is 2.16. The molecule has 0 aromatic heterocycles. The average Bonchev–Trinajstić information content (AvgIpc) is 2.47. The smallest absolute Gasteiger partial charge is 0.385 e. The molecule has 1 unspecified atom stereocenters. The lowest BCUT2D eigenvalue weighted by molar-refractivity contribution is -0.137. The van der Waals surface area contributed by atoms with Crippen molar-refractivity contribution in [3.8, 4) is 0 Å². The lowest BCUT2D eigenvalue weighted by Gasteiger charge is -2.13. The largest absolute Gasteiger partial charge is 0.416 e. The summed E-state index contributed by atoms with van der Waals surface area (Å²) in [6.07, 6.45) is -3.36. The Bertz CT molecular complexity index is 546. The SMILES string of the molecule is CC(CCNc1ccc(C(F)(F)F)cc1)c1ccccc1. The van der Waals surface area contributed by atoms with E-state index < -0.39 is 11.7 Å². The number of hydrogen-bond donors (Lipinski definition) is 1. The van der Waals surface area contributed by atoms with E-state index in [1.54, 1.807) is 0 Å². The van der Waals surface area contributed by atoms with Gasteiger partial charge in [0.25, 0.3) is 0 Å². The highest BCUT2D eigenvalue weighted by molar-refractivity contribution is 5.45. The van der Waals surface area contributed by atoms with Crippen LogP contribution in [0.5, 0.6) is 0 Å². The Labute approximate surface area is 122 Å². The van der Waals surface area contributed by atoms with Gasteiger partial charge < -0.3 is 5.32 Å². The molecule has 0 radical (unpaired) electrons. The molecule has 0 bridgehead atoms. The molecule has 0 fully saturated rings. The quantitative estimate of drug-likeness (QED) is 0.787. The van der Waals surface area contributed by atoms with Gasteiger partial charge in [0.15, 0.2) is 0 Å². The van der Waals surface area contributed by atoms with E-state index in [9.17, 15) is 13.2 Å². The summed E-state index contributed by atoms with van der Waals surface area (Å²) in [6.45, 7) is 2.87. The molecule has 0 aliphatic carbocycles. The summed E-state index contributed by atoms with van der Waals surface area (Å²) in [5.41, 5.74) is 1.36. The highest BCUT2D eigenvalue weighted by Gasteiger charge is 2.29. The minimum absolute atomic E-state index is 0.410. The minimum atomic E-state index is -4.28. The van der Waals surface area contributed by atoms with E-state index in [2.05, 4.69) is 24.4 Å². The zero-order chi connectivity index (χ0) is 15.3. The zero-order valence-electron chi connectivity index (χ0n) is 11.8. The van der Waals surface area contributed by atoms with Gasteiger partial charge in [-0.25, -0.2) is 0 Å². The lowest BCUT2D eigenvalue weighted by atomic mass is 9.98. The van der Waals surface area contributed by atoms with Gasteiger partial charge in [0.2, 0.25) is 0 Å². The first kappa shape index (κ1) is 15.4. The van der Waals surface area contributed by atoms with Crippen molar-refractivity contribution in [1.82, 2.24) is 0 Å². The van der Waals surface area contributed by atoms with Crippen LogP contribution in [0.4, 0.5) is 18.9 Å². The second-order valence-corrected chi connectivity index (χ2v) is 5.10. The Kier molecular flexibility index (Phi) is 4.89. The highest BCUT2D eigenvalue weighted by atomic mass is 19.4. The molecule has 2 aromatic carbocycles. The maximum Gasteiger partial charge on any atom is 0.416 e. The normalized spacial score (nSPS) is 13.0. The van der Waals surface area contributed by atoms with Crippen molar-refractivity contribution in [2.75, 3.05) is 11.9 Å². The van der Waals surface area contributed by atoms with Crippen molar-refractivity contribution >= 4 is 5.69 Å². The number of hydrogen-bond acceptors (Lipinski definition) is 1. The van der Waals surface area contributed by atoms with Crippen molar-refractivity contribution in [3.05, 3.63) is 65.7 Å². The summed E-state index contributed by atoms with van der Waals surface area (Å²) in [4.78, 5) is 0. The van der Waals surface area contributed by atoms with Gasteiger partial charge in [0.1, 0.15) is 0 Å². The maximum atomic E-state index is 12.4. The minimum Gasteiger partial charge on any atom is -0.385 e. The van der Waals surface area contributed by atoms with Gasteiger partial charge >= 0.3 is 6.18 Å². The number of rotatable bonds is 5. The van der Waals surface area contributed by atoms with Crippen molar-refractivity contribution in [1.29, 1.82) is 0 Å². The van der Waals surface area contributed by atoms with Crippen LogP contribution in [0.3, 0.4) is 0 Å². The molecular formula is C17H18F3N. The van der Waals surface area contributed by atoms with Crippen LogP contribution in [-0.4, -0.2) is 6.54 Å². The molecule has 1 atom stereocenters. The van der Waals surface area contributed by atoms with Crippen molar-refractivity contribution < 1.29 is 13.2 Å². The number of benzene rings is 2. The molecule has 1 N–H and O–H groups in total. The van der Waals surface area contributed by atoms with Crippen LogP contribution in [0.15, 0.2) is 54.6 Å². The van der Waals surface area contributed by atoms with Crippen LogP contribution in [0.2, 0.25) is 0 Å². The first-order valence-electron chi connectivity index (χ1n) is 6.93. The average molecular weight is 293 g/mol. The Morgan fingerprint density at radius 3 is 2.14 bits per heavy atom. The van der Waals surface area contributed by atoms with Gasteiger partial charge in [-0.15, -0.1) is 0 Å². The molecule has 4 heteroatoms. The summed E-state index contributed by atoms with van der Waals surface area (Å²) in [7, 11) is 0. The molecular weight excluding hydrogens is 275 g/mol. The van der Waals surface area contributed by atoms with E-state index in [1.165, 1.54) is 17.7 Å². The molecule has 0 heterocycles. The number of anilines is 1. The van der Waals surface area contributed by atoms with E-state index in [0.29, 0.717) is 11.6 Å². The van der Waals surface area contributed by atoms with Crippen LogP contribution in [0.1, 0.15) is 30.4 Å². The molecule has 1 nitrogen and oxygen atoms in total. The Hall–Kier alpha value is -1.97. The fourth-order valence-corrected chi connectivity index (χ4v) is 2.16. The number of alkyl halides is 3. The molecule has 2 rings (SSSR count). The zero-order valence-corrected chi connectivity index (χ0v) is 11.8.